The Balaban J connectivity index is 2.21. The molecule has 1 aromatic rings. The molecule has 5 heteroatoms. The van der Waals surface area contributed by atoms with Gasteiger partial charge in [0, 0.05) is 0 Å². The zero-order valence-corrected chi connectivity index (χ0v) is 12.4. The minimum Gasteiger partial charge on any atom is -0.447 e. The standard InChI is InChI=1S/C16H18N2O3/c1-10(2)14-9-21-16(20)18(14)15(19)11(3)12-5-7-13(17-4)8-6-12/h5-8,10-11,14H,9H2,1-3H3/t11-,14+/m0/s1. The highest BCUT2D eigenvalue weighted by molar-refractivity contribution is 5.97. The first kappa shape index (κ1) is 15.0. The van der Waals surface area contributed by atoms with Gasteiger partial charge in [-0.25, -0.2) is 14.5 Å². The molecule has 2 rings (SSSR count). The summed E-state index contributed by atoms with van der Waals surface area (Å²) in [4.78, 5) is 29.0. The van der Waals surface area contributed by atoms with E-state index in [2.05, 4.69) is 4.85 Å². The first-order valence-corrected chi connectivity index (χ1v) is 6.93. The van der Waals surface area contributed by atoms with Crippen molar-refractivity contribution in [2.24, 2.45) is 5.92 Å². The largest absolute Gasteiger partial charge is 0.447 e. The van der Waals surface area contributed by atoms with Crippen LogP contribution < -0.4 is 0 Å². The van der Waals surface area contributed by atoms with Gasteiger partial charge in [-0.3, -0.25) is 4.79 Å². The smallest absolute Gasteiger partial charge is 0.417 e. The Labute approximate surface area is 124 Å². The van der Waals surface area contributed by atoms with Gasteiger partial charge in [0.2, 0.25) is 5.91 Å². The van der Waals surface area contributed by atoms with Gasteiger partial charge in [-0.1, -0.05) is 38.1 Å². The molecule has 2 atom stereocenters. The van der Waals surface area contributed by atoms with E-state index in [1.807, 2.05) is 13.8 Å². The molecule has 0 N–H and O–H groups in total. The van der Waals surface area contributed by atoms with Gasteiger partial charge in [0.1, 0.15) is 6.61 Å². The molecule has 1 heterocycles. The van der Waals surface area contributed by atoms with Crippen LogP contribution in [0, 0.1) is 12.5 Å². The summed E-state index contributed by atoms with van der Waals surface area (Å²) in [6.45, 7) is 12.9. The number of imide groups is 1. The SMILES string of the molecule is [C-]#[N+]c1ccc([C@H](C)C(=O)N2C(=O)OC[C@@H]2C(C)C)cc1. The molecule has 0 aliphatic carbocycles. The zero-order valence-electron chi connectivity index (χ0n) is 12.4. The van der Waals surface area contributed by atoms with Crippen molar-refractivity contribution in [2.45, 2.75) is 32.7 Å². The summed E-state index contributed by atoms with van der Waals surface area (Å²) in [6, 6.07) is 6.64. The number of hydrogen-bond acceptors (Lipinski definition) is 3. The quantitative estimate of drug-likeness (QED) is 0.801. The first-order valence-electron chi connectivity index (χ1n) is 6.93. The molecule has 0 radical (unpaired) electrons. The molecule has 110 valence electrons. The Kier molecular flexibility index (Phi) is 4.27. The summed E-state index contributed by atoms with van der Waals surface area (Å²) in [5, 5.41) is 0. The number of rotatable bonds is 3. The van der Waals surface area contributed by atoms with Crippen LogP contribution in [0.25, 0.3) is 4.85 Å². The number of amides is 2. The van der Waals surface area contributed by atoms with Gasteiger partial charge in [-0.15, -0.1) is 0 Å². The van der Waals surface area contributed by atoms with Gasteiger partial charge in [0.25, 0.3) is 0 Å². The van der Waals surface area contributed by atoms with Crippen molar-refractivity contribution in [3.63, 3.8) is 0 Å². The normalized spacial score (nSPS) is 19.3. The molecule has 1 aliphatic heterocycles. The summed E-state index contributed by atoms with van der Waals surface area (Å²) in [7, 11) is 0. The second kappa shape index (κ2) is 5.96. The Hall–Kier alpha value is -2.35. The second-order valence-corrected chi connectivity index (χ2v) is 5.52. The molecule has 1 aromatic carbocycles. The average Bonchev–Trinajstić information content (AvgIpc) is 2.87. The lowest BCUT2D eigenvalue weighted by atomic mass is 9.97. The van der Waals surface area contributed by atoms with Crippen LogP contribution in [-0.4, -0.2) is 29.5 Å². The minimum absolute atomic E-state index is 0.150. The molecule has 2 amide bonds. The molecule has 0 bridgehead atoms. The van der Waals surface area contributed by atoms with Crippen molar-refractivity contribution >= 4 is 17.7 Å². The molecule has 21 heavy (non-hydrogen) atoms. The fourth-order valence-corrected chi connectivity index (χ4v) is 2.37. The van der Waals surface area contributed by atoms with Crippen LogP contribution in [0.3, 0.4) is 0 Å². The van der Waals surface area contributed by atoms with Crippen LogP contribution in [0.4, 0.5) is 10.5 Å². The summed E-state index contributed by atoms with van der Waals surface area (Å²) < 4.78 is 5.01. The maximum atomic E-state index is 12.6. The van der Waals surface area contributed by atoms with Gasteiger partial charge in [-0.2, -0.15) is 0 Å². The van der Waals surface area contributed by atoms with Crippen LogP contribution in [0.1, 0.15) is 32.3 Å². The van der Waals surface area contributed by atoms with E-state index in [1.165, 1.54) is 4.90 Å². The summed E-state index contributed by atoms with van der Waals surface area (Å²) in [6.07, 6.45) is -0.566. The number of nitrogens with zero attached hydrogens (tertiary/aromatic N) is 2. The molecule has 1 saturated heterocycles. The lowest BCUT2D eigenvalue weighted by Crippen LogP contribution is -2.43. The molecule has 0 unspecified atom stereocenters. The highest BCUT2D eigenvalue weighted by Crippen LogP contribution is 2.27. The van der Waals surface area contributed by atoms with Gasteiger partial charge in [0.15, 0.2) is 5.69 Å². The number of cyclic esters (lactones) is 1. The monoisotopic (exact) mass is 286 g/mol. The number of ether oxygens (including phenoxy) is 1. The Bertz CT molecular complexity index is 587. The van der Waals surface area contributed by atoms with E-state index in [-0.39, 0.29) is 24.5 Å². The molecular formula is C16H18N2O3. The van der Waals surface area contributed by atoms with Crippen molar-refractivity contribution in [3.05, 3.63) is 41.2 Å². The lowest BCUT2D eigenvalue weighted by molar-refractivity contribution is -0.131. The molecule has 1 aliphatic rings. The van der Waals surface area contributed by atoms with Crippen LogP contribution in [0.5, 0.6) is 0 Å². The van der Waals surface area contributed by atoms with Gasteiger partial charge in [-0.05, 0) is 18.4 Å². The van der Waals surface area contributed by atoms with E-state index >= 15 is 0 Å². The fraction of sp³-hybridized carbons (Fsp3) is 0.438. The number of hydrogen-bond donors (Lipinski definition) is 0. The zero-order chi connectivity index (χ0) is 15.6. The van der Waals surface area contributed by atoms with Crippen molar-refractivity contribution in [1.29, 1.82) is 0 Å². The molecule has 0 aromatic heterocycles. The number of carbonyl (C=O) groups is 2. The maximum Gasteiger partial charge on any atom is 0.417 e. The molecule has 0 spiro atoms. The highest BCUT2D eigenvalue weighted by atomic mass is 16.6. The van der Waals surface area contributed by atoms with E-state index in [1.54, 1.807) is 31.2 Å². The first-order chi connectivity index (χ1) is 9.95. The third kappa shape index (κ3) is 2.89. The lowest BCUT2D eigenvalue weighted by Gasteiger charge is -2.25. The predicted molar refractivity (Wildman–Crippen MR) is 77.9 cm³/mol. The highest BCUT2D eigenvalue weighted by Gasteiger charge is 2.41. The van der Waals surface area contributed by atoms with E-state index in [9.17, 15) is 9.59 Å². The third-order valence-corrected chi connectivity index (χ3v) is 3.81. The van der Waals surface area contributed by atoms with E-state index in [4.69, 9.17) is 11.3 Å². The van der Waals surface area contributed by atoms with Crippen molar-refractivity contribution in [2.75, 3.05) is 6.61 Å². The Morgan fingerprint density at radius 1 is 1.33 bits per heavy atom. The maximum absolute atomic E-state index is 12.6. The van der Waals surface area contributed by atoms with Crippen molar-refractivity contribution < 1.29 is 14.3 Å². The Morgan fingerprint density at radius 2 is 1.95 bits per heavy atom. The molecule has 5 nitrogen and oxygen atoms in total. The van der Waals surface area contributed by atoms with Crippen molar-refractivity contribution in [1.82, 2.24) is 4.90 Å². The van der Waals surface area contributed by atoms with Gasteiger partial charge >= 0.3 is 6.09 Å². The summed E-state index contributed by atoms with van der Waals surface area (Å²) in [5.41, 5.74) is 1.31. The number of benzene rings is 1. The predicted octanol–water partition coefficient (Wildman–Crippen LogP) is 3.34. The summed E-state index contributed by atoms with van der Waals surface area (Å²) >= 11 is 0. The second-order valence-electron chi connectivity index (χ2n) is 5.52. The van der Waals surface area contributed by atoms with E-state index in [0.29, 0.717) is 5.69 Å². The van der Waals surface area contributed by atoms with E-state index in [0.717, 1.165) is 5.56 Å². The molecule has 0 saturated carbocycles. The summed E-state index contributed by atoms with van der Waals surface area (Å²) in [5.74, 6) is -0.555. The van der Waals surface area contributed by atoms with Crippen LogP contribution in [-0.2, 0) is 9.53 Å². The topological polar surface area (TPSA) is 51.0 Å². The minimum atomic E-state index is -0.566. The molecule has 1 fully saturated rings. The van der Waals surface area contributed by atoms with Crippen molar-refractivity contribution in [3.8, 4) is 0 Å². The van der Waals surface area contributed by atoms with Crippen LogP contribution >= 0.6 is 0 Å². The Morgan fingerprint density at radius 3 is 2.48 bits per heavy atom. The fourth-order valence-electron chi connectivity index (χ4n) is 2.37. The van der Waals surface area contributed by atoms with Crippen LogP contribution in [0.2, 0.25) is 0 Å². The van der Waals surface area contributed by atoms with E-state index < -0.39 is 12.0 Å². The average molecular weight is 286 g/mol. The van der Waals surface area contributed by atoms with Crippen LogP contribution in [0.15, 0.2) is 24.3 Å². The molecular weight excluding hydrogens is 268 g/mol. The van der Waals surface area contributed by atoms with Gasteiger partial charge in [0.05, 0.1) is 18.5 Å². The van der Waals surface area contributed by atoms with Gasteiger partial charge < -0.3 is 4.74 Å². The number of carbonyl (C=O) groups excluding carboxylic acids is 2. The third-order valence-electron chi connectivity index (χ3n) is 3.81.